The fourth-order valence-corrected chi connectivity index (χ4v) is 2.85. The third-order valence-corrected chi connectivity index (χ3v) is 3.62. The maximum Gasteiger partial charge on any atom is 0.410 e. The van der Waals surface area contributed by atoms with Crippen LogP contribution < -0.4 is 0 Å². The highest BCUT2D eigenvalue weighted by atomic mass is 16.6. The minimum atomic E-state index is -0.367. The molecule has 2 unspecified atom stereocenters. The molecule has 2 rings (SSSR count). The SMILES string of the molecule is C=O.CC(C)(C)OC(=O)N1CCC2CCCC21.COCC=O. The Morgan fingerprint density at radius 1 is 1.27 bits per heavy atom. The molecule has 2 aliphatic rings. The predicted molar refractivity (Wildman–Crippen MR) is 83.7 cm³/mol. The Labute approximate surface area is 133 Å². The van der Waals surface area contributed by atoms with Gasteiger partial charge in [-0.05, 0) is 46.0 Å². The van der Waals surface area contributed by atoms with Gasteiger partial charge in [-0.15, -0.1) is 0 Å². The van der Waals surface area contributed by atoms with E-state index in [1.807, 2.05) is 32.5 Å². The number of aldehydes is 1. The largest absolute Gasteiger partial charge is 0.444 e. The Kier molecular flexibility index (Phi) is 9.65. The monoisotopic (exact) mass is 315 g/mol. The van der Waals surface area contributed by atoms with E-state index in [0.717, 1.165) is 12.5 Å². The van der Waals surface area contributed by atoms with E-state index in [1.165, 1.54) is 32.8 Å². The fourth-order valence-electron chi connectivity index (χ4n) is 2.85. The molecule has 1 aliphatic heterocycles. The topological polar surface area (TPSA) is 72.9 Å². The molecule has 0 bridgehead atoms. The molecule has 1 aliphatic carbocycles. The summed E-state index contributed by atoms with van der Waals surface area (Å²) in [5.41, 5.74) is -0.367. The normalized spacial score (nSPS) is 22.6. The van der Waals surface area contributed by atoms with Crippen LogP contribution in [0.1, 0.15) is 46.5 Å². The van der Waals surface area contributed by atoms with Gasteiger partial charge in [0.25, 0.3) is 0 Å². The van der Waals surface area contributed by atoms with E-state index in [1.54, 1.807) is 0 Å². The number of carbonyl (C=O) groups is 3. The summed E-state index contributed by atoms with van der Waals surface area (Å²) in [5, 5.41) is 0. The van der Waals surface area contributed by atoms with Gasteiger partial charge < -0.3 is 24.0 Å². The summed E-state index contributed by atoms with van der Waals surface area (Å²) in [6, 6.07) is 0.472. The van der Waals surface area contributed by atoms with E-state index in [9.17, 15) is 9.59 Å². The van der Waals surface area contributed by atoms with Crippen LogP contribution in [-0.4, -0.2) is 56.0 Å². The van der Waals surface area contributed by atoms with Gasteiger partial charge in [0, 0.05) is 19.7 Å². The van der Waals surface area contributed by atoms with Gasteiger partial charge in [0.1, 0.15) is 25.3 Å². The van der Waals surface area contributed by atoms with Gasteiger partial charge in [0.15, 0.2) is 0 Å². The Morgan fingerprint density at radius 2 is 1.91 bits per heavy atom. The van der Waals surface area contributed by atoms with Gasteiger partial charge in [-0.2, -0.15) is 0 Å². The maximum atomic E-state index is 11.9. The van der Waals surface area contributed by atoms with E-state index in [0.29, 0.717) is 12.3 Å². The lowest BCUT2D eigenvalue weighted by Crippen LogP contribution is -2.40. The van der Waals surface area contributed by atoms with Crippen LogP contribution in [0.4, 0.5) is 4.79 Å². The van der Waals surface area contributed by atoms with Crippen molar-refractivity contribution >= 4 is 19.2 Å². The van der Waals surface area contributed by atoms with Gasteiger partial charge >= 0.3 is 6.09 Å². The Bertz CT molecular complexity index is 340. The first kappa shape index (κ1) is 20.6. The second-order valence-corrected chi connectivity index (χ2v) is 6.34. The summed E-state index contributed by atoms with van der Waals surface area (Å²) in [6.07, 6.45) is 5.50. The summed E-state index contributed by atoms with van der Waals surface area (Å²) in [6.45, 7) is 8.87. The van der Waals surface area contributed by atoms with Crippen LogP contribution in [0.15, 0.2) is 0 Å². The molecule has 128 valence electrons. The van der Waals surface area contributed by atoms with E-state index < -0.39 is 0 Å². The molecule has 0 aromatic rings. The molecule has 22 heavy (non-hydrogen) atoms. The van der Waals surface area contributed by atoms with Crippen molar-refractivity contribution in [3.05, 3.63) is 0 Å². The smallest absolute Gasteiger partial charge is 0.410 e. The zero-order chi connectivity index (χ0) is 17.2. The average molecular weight is 315 g/mol. The standard InChI is InChI=1S/C12H21NO2.C3H6O2.CH2O/c1-12(2,3)15-11(14)13-8-7-9-5-4-6-10(9)13;1-5-3-2-4;1-2/h9-10H,4-8H2,1-3H3;2H,3H2,1H3;1H2. The first-order valence-electron chi connectivity index (χ1n) is 7.60. The molecule has 0 radical (unpaired) electrons. The fraction of sp³-hybridized carbons (Fsp3) is 0.812. The van der Waals surface area contributed by atoms with Crippen LogP contribution in [0.5, 0.6) is 0 Å². The lowest BCUT2D eigenvalue weighted by atomic mass is 10.1. The zero-order valence-electron chi connectivity index (χ0n) is 14.2. The number of ether oxygens (including phenoxy) is 2. The van der Waals surface area contributed by atoms with E-state index in [-0.39, 0.29) is 18.3 Å². The number of nitrogens with zero attached hydrogens (tertiary/aromatic N) is 1. The Morgan fingerprint density at radius 3 is 2.36 bits per heavy atom. The maximum absolute atomic E-state index is 11.9. The van der Waals surface area contributed by atoms with Gasteiger partial charge in [-0.25, -0.2) is 4.79 Å². The minimum absolute atomic E-state index is 0.114. The van der Waals surface area contributed by atoms with Crippen molar-refractivity contribution in [1.82, 2.24) is 4.90 Å². The van der Waals surface area contributed by atoms with Crippen molar-refractivity contribution in [2.45, 2.75) is 58.1 Å². The molecule has 6 heteroatoms. The van der Waals surface area contributed by atoms with Crippen molar-refractivity contribution in [2.24, 2.45) is 5.92 Å². The number of hydrogen-bond acceptors (Lipinski definition) is 5. The van der Waals surface area contributed by atoms with Gasteiger partial charge in [0.05, 0.1) is 0 Å². The van der Waals surface area contributed by atoms with Crippen molar-refractivity contribution in [2.75, 3.05) is 20.3 Å². The highest BCUT2D eigenvalue weighted by molar-refractivity contribution is 5.69. The van der Waals surface area contributed by atoms with Crippen LogP contribution in [0.25, 0.3) is 0 Å². The van der Waals surface area contributed by atoms with Crippen molar-refractivity contribution in [1.29, 1.82) is 0 Å². The van der Waals surface area contributed by atoms with Gasteiger partial charge in [-0.3, -0.25) is 0 Å². The lowest BCUT2D eigenvalue weighted by Gasteiger charge is -2.28. The molecule has 0 spiro atoms. The third-order valence-electron chi connectivity index (χ3n) is 3.62. The first-order valence-corrected chi connectivity index (χ1v) is 7.60. The van der Waals surface area contributed by atoms with E-state index in [2.05, 4.69) is 4.74 Å². The van der Waals surface area contributed by atoms with Crippen molar-refractivity contribution in [3.8, 4) is 0 Å². The van der Waals surface area contributed by atoms with Crippen LogP contribution in [0.3, 0.4) is 0 Å². The van der Waals surface area contributed by atoms with Crippen LogP contribution >= 0.6 is 0 Å². The van der Waals surface area contributed by atoms with Gasteiger partial charge in [0.2, 0.25) is 0 Å². The molecule has 2 fully saturated rings. The predicted octanol–water partition coefficient (Wildman–Crippen LogP) is 2.44. The summed E-state index contributed by atoms with van der Waals surface area (Å²) >= 11 is 0. The number of amides is 1. The zero-order valence-corrected chi connectivity index (χ0v) is 14.2. The van der Waals surface area contributed by atoms with E-state index >= 15 is 0 Å². The first-order chi connectivity index (χ1) is 10.4. The molecule has 0 aromatic heterocycles. The Balaban J connectivity index is 0.000000540. The van der Waals surface area contributed by atoms with Crippen LogP contribution in [0, 0.1) is 5.92 Å². The molecule has 0 N–H and O–H groups in total. The second-order valence-electron chi connectivity index (χ2n) is 6.34. The number of hydrogen-bond donors (Lipinski definition) is 0. The number of methoxy groups -OCH3 is 1. The molecule has 0 aromatic carbocycles. The highest BCUT2D eigenvalue weighted by Gasteiger charge is 2.41. The van der Waals surface area contributed by atoms with Crippen molar-refractivity contribution in [3.63, 3.8) is 0 Å². The quantitative estimate of drug-likeness (QED) is 0.732. The third kappa shape index (κ3) is 7.02. The summed E-state index contributed by atoms with van der Waals surface area (Å²) < 4.78 is 9.74. The molecule has 1 saturated carbocycles. The molecule has 1 saturated heterocycles. The van der Waals surface area contributed by atoms with Crippen molar-refractivity contribution < 1.29 is 23.9 Å². The summed E-state index contributed by atoms with van der Waals surface area (Å²) in [7, 11) is 1.48. The second kappa shape index (κ2) is 10.3. The minimum Gasteiger partial charge on any atom is -0.444 e. The molecule has 1 amide bonds. The number of fused-ring (bicyclic) bond motifs is 1. The average Bonchev–Trinajstić information content (AvgIpc) is 3.02. The molecular weight excluding hydrogens is 286 g/mol. The van der Waals surface area contributed by atoms with Gasteiger partial charge in [-0.1, -0.05) is 6.42 Å². The summed E-state index contributed by atoms with van der Waals surface area (Å²) in [5.74, 6) is 0.748. The van der Waals surface area contributed by atoms with Crippen LogP contribution in [-0.2, 0) is 19.1 Å². The summed E-state index contributed by atoms with van der Waals surface area (Å²) in [4.78, 5) is 31.1. The molecule has 2 atom stereocenters. The molecule has 1 heterocycles. The molecular formula is C16H29NO5. The molecule has 6 nitrogen and oxygen atoms in total. The van der Waals surface area contributed by atoms with Crippen LogP contribution in [0.2, 0.25) is 0 Å². The number of rotatable bonds is 2. The number of likely N-dealkylation sites (tertiary alicyclic amines) is 1. The Hall–Kier alpha value is -1.43. The highest BCUT2D eigenvalue weighted by Crippen LogP contribution is 2.38. The van der Waals surface area contributed by atoms with E-state index in [4.69, 9.17) is 9.53 Å². The number of carbonyl (C=O) groups excluding carboxylic acids is 3. The lowest BCUT2D eigenvalue weighted by molar-refractivity contribution is -0.111.